The first kappa shape index (κ1) is 24.0. The summed E-state index contributed by atoms with van der Waals surface area (Å²) in [6.07, 6.45) is 0.874. The second kappa shape index (κ2) is 11.2. The van der Waals surface area contributed by atoms with Crippen LogP contribution in [-0.2, 0) is 23.1 Å². The van der Waals surface area contributed by atoms with E-state index in [1.807, 2.05) is 31.3 Å². The number of carboxylic acid groups (broad SMARTS) is 2. The van der Waals surface area contributed by atoms with Crippen molar-refractivity contribution < 1.29 is 19.8 Å². The predicted molar refractivity (Wildman–Crippen MR) is 121 cm³/mol. The lowest BCUT2D eigenvalue weighted by atomic mass is 10.1. The maximum absolute atomic E-state index is 12.2. The van der Waals surface area contributed by atoms with E-state index in [0.29, 0.717) is 6.04 Å². The Bertz CT molecular complexity index is 1050. The lowest BCUT2D eigenvalue weighted by molar-refractivity contribution is -0.159. The number of hydrogen-bond donors (Lipinski definition) is 2. The van der Waals surface area contributed by atoms with Crippen molar-refractivity contribution in [1.82, 2.24) is 9.47 Å². The third-order valence-electron chi connectivity index (χ3n) is 4.95. The van der Waals surface area contributed by atoms with Crippen LogP contribution in [0.2, 0.25) is 0 Å². The summed E-state index contributed by atoms with van der Waals surface area (Å²) in [4.78, 5) is 34.0. The zero-order chi connectivity index (χ0) is 23.0. The van der Waals surface area contributed by atoms with Crippen LogP contribution in [0.5, 0.6) is 0 Å². The summed E-state index contributed by atoms with van der Waals surface area (Å²) >= 11 is 1.37. The van der Waals surface area contributed by atoms with E-state index in [1.165, 1.54) is 16.9 Å². The van der Waals surface area contributed by atoms with E-state index in [0.717, 1.165) is 29.1 Å². The second-order valence-electron chi connectivity index (χ2n) is 6.99. The quantitative estimate of drug-likeness (QED) is 0.567. The smallest absolute Gasteiger partial charge is 0.414 e. The number of benzene rings is 2. The molecule has 3 aromatic rings. The van der Waals surface area contributed by atoms with Gasteiger partial charge in [-0.05, 0) is 31.5 Å². The molecule has 0 spiro atoms. The summed E-state index contributed by atoms with van der Waals surface area (Å²) in [6.45, 7) is 3.14. The van der Waals surface area contributed by atoms with Crippen molar-refractivity contribution in [2.45, 2.75) is 19.4 Å². The standard InChI is InChI=1S/C21H24N2OS.C2H2O4/c1-16(17-10-6-4-7-11-17)22(2)15-14-19-20(23(3)21(24)25-19)18-12-8-5-9-13-18;3-1(4)2(5)6/h4-13,16H,14-15H2,1-3H3;(H,3,4)(H,5,6). The van der Waals surface area contributed by atoms with E-state index in [2.05, 4.69) is 55.3 Å². The van der Waals surface area contributed by atoms with Gasteiger partial charge >= 0.3 is 16.8 Å². The molecule has 8 heteroatoms. The van der Waals surface area contributed by atoms with Crippen LogP contribution < -0.4 is 4.87 Å². The molecule has 1 aromatic heterocycles. The number of nitrogens with zero attached hydrogens (tertiary/aromatic N) is 2. The molecule has 7 nitrogen and oxygen atoms in total. The van der Waals surface area contributed by atoms with Gasteiger partial charge in [0.05, 0.1) is 5.69 Å². The molecule has 0 saturated heterocycles. The van der Waals surface area contributed by atoms with E-state index in [1.54, 1.807) is 4.57 Å². The van der Waals surface area contributed by atoms with Crippen LogP contribution in [0.15, 0.2) is 65.5 Å². The molecule has 0 aliphatic rings. The van der Waals surface area contributed by atoms with Gasteiger partial charge in [0, 0.05) is 24.5 Å². The first-order valence-corrected chi connectivity index (χ1v) is 10.5. The van der Waals surface area contributed by atoms with Gasteiger partial charge in [-0.15, -0.1) is 0 Å². The van der Waals surface area contributed by atoms with E-state index < -0.39 is 11.9 Å². The Hall–Kier alpha value is -3.23. The number of carboxylic acids is 2. The second-order valence-corrected chi connectivity index (χ2v) is 8.04. The number of aliphatic carboxylic acids is 2. The highest BCUT2D eigenvalue weighted by Gasteiger charge is 2.16. The fourth-order valence-corrected chi connectivity index (χ4v) is 4.06. The lowest BCUT2D eigenvalue weighted by Gasteiger charge is -2.25. The van der Waals surface area contributed by atoms with Gasteiger partial charge in [0.15, 0.2) is 0 Å². The molecule has 0 aliphatic heterocycles. The van der Waals surface area contributed by atoms with Crippen LogP contribution in [0, 0.1) is 0 Å². The lowest BCUT2D eigenvalue weighted by Crippen LogP contribution is -2.24. The molecule has 2 N–H and O–H groups in total. The highest BCUT2D eigenvalue weighted by Crippen LogP contribution is 2.26. The SMILES string of the molecule is CC(c1ccccc1)N(C)CCc1sc(=O)n(C)c1-c1ccccc1.O=C(O)C(=O)O. The molecule has 0 bridgehead atoms. The molecule has 0 amide bonds. The number of carbonyl (C=O) groups is 2. The highest BCUT2D eigenvalue weighted by molar-refractivity contribution is 7.09. The molecule has 0 radical (unpaired) electrons. The van der Waals surface area contributed by atoms with Gasteiger partial charge in [-0.3, -0.25) is 9.69 Å². The Morgan fingerprint density at radius 3 is 2.03 bits per heavy atom. The maximum Gasteiger partial charge on any atom is 0.414 e. The molecular formula is C23H26N2O5S. The van der Waals surface area contributed by atoms with Gasteiger partial charge < -0.3 is 14.8 Å². The highest BCUT2D eigenvalue weighted by atomic mass is 32.1. The van der Waals surface area contributed by atoms with Crippen molar-refractivity contribution in [3.8, 4) is 11.3 Å². The van der Waals surface area contributed by atoms with Crippen LogP contribution in [0.1, 0.15) is 23.4 Å². The molecule has 0 fully saturated rings. The molecule has 2 aromatic carbocycles. The molecule has 1 unspecified atom stereocenters. The maximum atomic E-state index is 12.2. The molecule has 3 rings (SSSR count). The number of thiazole rings is 1. The summed E-state index contributed by atoms with van der Waals surface area (Å²) in [5, 5.41) is 14.8. The van der Waals surface area contributed by atoms with Crippen LogP contribution in [0.25, 0.3) is 11.3 Å². The van der Waals surface area contributed by atoms with Crippen molar-refractivity contribution in [1.29, 1.82) is 0 Å². The predicted octanol–water partition coefficient (Wildman–Crippen LogP) is 3.50. The first-order chi connectivity index (χ1) is 14.7. The zero-order valence-electron chi connectivity index (χ0n) is 17.7. The van der Waals surface area contributed by atoms with Crippen molar-refractivity contribution in [3.63, 3.8) is 0 Å². The number of hydrogen-bond acceptors (Lipinski definition) is 5. The topological polar surface area (TPSA) is 99.8 Å². The third kappa shape index (κ3) is 6.63. The monoisotopic (exact) mass is 442 g/mol. The number of aromatic nitrogens is 1. The summed E-state index contributed by atoms with van der Waals surface area (Å²) < 4.78 is 1.77. The van der Waals surface area contributed by atoms with Gasteiger partial charge in [0.25, 0.3) is 0 Å². The van der Waals surface area contributed by atoms with Crippen LogP contribution in [-0.4, -0.2) is 45.2 Å². The van der Waals surface area contributed by atoms with Crippen molar-refractivity contribution in [3.05, 3.63) is 80.8 Å². The van der Waals surface area contributed by atoms with Gasteiger partial charge in [-0.25, -0.2) is 9.59 Å². The minimum atomic E-state index is -1.82. The van der Waals surface area contributed by atoms with E-state index in [-0.39, 0.29) is 4.87 Å². The first-order valence-electron chi connectivity index (χ1n) is 9.67. The Balaban J connectivity index is 0.000000501. The average molecular weight is 443 g/mol. The Labute approximate surface area is 184 Å². The van der Waals surface area contributed by atoms with Crippen molar-refractivity contribution in [2.75, 3.05) is 13.6 Å². The van der Waals surface area contributed by atoms with Gasteiger partial charge in [0.2, 0.25) is 0 Å². The van der Waals surface area contributed by atoms with Gasteiger partial charge in [-0.2, -0.15) is 0 Å². The fourth-order valence-electron chi connectivity index (χ4n) is 3.08. The van der Waals surface area contributed by atoms with E-state index >= 15 is 0 Å². The molecule has 164 valence electrons. The fraction of sp³-hybridized carbons (Fsp3) is 0.261. The number of likely N-dealkylation sites (N-methyl/N-ethyl adjacent to an activating group) is 1. The minimum Gasteiger partial charge on any atom is -0.473 e. The normalized spacial score (nSPS) is 11.5. The molecule has 0 aliphatic carbocycles. The van der Waals surface area contributed by atoms with E-state index in [9.17, 15) is 4.79 Å². The molecule has 1 heterocycles. The minimum absolute atomic E-state index is 0.104. The molecular weight excluding hydrogens is 416 g/mol. The molecule has 1 atom stereocenters. The third-order valence-corrected chi connectivity index (χ3v) is 6.04. The van der Waals surface area contributed by atoms with Gasteiger partial charge in [0.1, 0.15) is 0 Å². The summed E-state index contributed by atoms with van der Waals surface area (Å²) in [5.74, 6) is -3.65. The van der Waals surface area contributed by atoms with Crippen molar-refractivity contribution in [2.24, 2.45) is 7.05 Å². The average Bonchev–Trinajstić information content (AvgIpc) is 3.06. The Morgan fingerprint density at radius 1 is 1.00 bits per heavy atom. The van der Waals surface area contributed by atoms with E-state index in [4.69, 9.17) is 19.8 Å². The summed E-state index contributed by atoms with van der Waals surface area (Å²) in [5.41, 5.74) is 3.48. The van der Waals surface area contributed by atoms with Crippen LogP contribution >= 0.6 is 11.3 Å². The molecule has 0 saturated carbocycles. The van der Waals surface area contributed by atoms with Crippen molar-refractivity contribution >= 4 is 23.3 Å². The van der Waals surface area contributed by atoms with Crippen LogP contribution in [0.4, 0.5) is 0 Å². The summed E-state index contributed by atoms with van der Waals surface area (Å²) in [6, 6.07) is 21.1. The summed E-state index contributed by atoms with van der Waals surface area (Å²) in [7, 11) is 4.01. The zero-order valence-corrected chi connectivity index (χ0v) is 18.5. The Morgan fingerprint density at radius 2 is 1.52 bits per heavy atom. The van der Waals surface area contributed by atoms with Crippen LogP contribution in [0.3, 0.4) is 0 Å². The largest absolute Gasteiger partial charge is 0.473 e. The molecule has 31 heavy (non-hydrogen) atoms. The van der Waals surface area contributed by atoms with Gasteiger partial charge in [-0.1, -0.05) is 72.0 Å². The number of rotatable bonds is 6. The Kier molecular flexibility index (Phi) is 8.72.